The molecule has 2 aliphatic rings. The monoisotopic (exact) mass is 252 g/mol. The summed E-state index contributed by atoms with van der Waals surface area (Å²) in [5.74, 6) is -0.314. The Labute approximate surface area is 104 Å². The van der Waals surface area contributed by atoms with Crippen molar-refractivity contribution >= 4 is 5.97 Å². The van der Waals surface area contributed by atoms with E-state index in [1.54, 1.807) is 0 Å². The number of tetrazole rings is 1. The Morgan fingerprint density at radius 2 is 2.17 bits per heavy atom. The van der Waals surface area contributed by atoms with Crippen molar-refractivity contribution in [3.05, 3.63) is 5.82 Å². The van der Waals surface area contributed by atoms with E-state index in [0.29, 0.717) is 25.3 Å². The second-order valence-corrected chi connectivity index (χ2v) is 5.29. The molecule has 1 N–H and O–H groups in total. The van der Waals surface area contributed by atoms with Gasteiger partial charge in [-0.3, -0.25) is 0 Å². The Bertz CT molecular complexity index is 474. The number of rotatable bonds is 3. The largest absolute Gasteiger partial charge is 0.479 e. The van der Waals surface area contributed by atoms with E-state index < -0.39 is 17.1 Å². The number of ether oxygens (including phenoxy) is 1. The first-order chi connectivity index (χ1) is 8.58. The molecule has 18 heavy (non-hydrogen) atoms. The van der Waals surface area contributed by atoms with Crippen LogP contribution in [0.1, 0.15) is 44.9 Å². The van der Waals surface area contributed by atoms with E-state index >= 15 is 0 Å². The molecule has 1 aliphatic heterocycles. The lowest BCUT2D eigenvalue weighted by atomic mass is 9.76. The van der Waals surface area contributed by atoms with Gasteiger partial charge in [0.2, 0.25) is 0 Å². The maximum absolute atomic E-state index is 11.5. The van der Waals surface area contributed by atoms with E-state index in [9.17, 15) is 9.90 Å². The quantitative estimate of drug-likeness (QED) is 0.850. The number of carboxylic acid groups (broad SMARTS) is 1. The first-order valence-electron chi connectivity index (χ1n) is 6.25. The van der Waals surface area contributed by atoms with E-state index in [2.05, 4.69) is 15.5 Å². The fraction of sp³-hybridized carbons (Fsp3) is 0.818. The third-order valence-corrected chi connectivity index (χ3v) is 4.15. The second kappa shape index (κ2) is 3.74. The van der Waals surface area contributed by atoms with Crippen molar-refractivity contribution in [1.82, 2.24) is 20.2 Å². The molecular weight excluding hydrogens is 236 g/mol. The van der Waals surface area contributed by atoms with Gasteiger partial charge in [-0.15, -0.1) is 5.10 Å². The van der Waals surface area contributed by atoms with Crippen LogP contribution in [0, 0.1) is 0 Å². The highest BCUT2D eigenvalue weighted by Crippen LogP contribution is 2.43. The van der Waals surface area contributed by atoms with Gasteiger partial charge in [0.25, 0.3) is 0 Å². The smallest absolute Gasteiger partial charge is 0.331 e. The van der Waals surface area contributed by atoms with Crippen LogP contribution in [0.15, 0.2) is 0 Å². The fourth-order valence-electron chi connectivity index (χ4n) is 2.79. The van der Waals surface area contributed by atoms with Crippen molar-refractivity contribution in [3.8, 4) is 0 Å². The van der Waals surface area contributed by atoms with Crippen molar-refractivity contribution in [2.75, 3.05) is 6.61 Å². The second-order valence-electron chi connectivity index (χ2n) is 5.29. The number of hydrogen-bond donors (Lipinski definition) is 1. The molecule has 0 amide bonds. The molecule has 2 heterocycles. The Hall–Kier alpha value is -1.50. The molecule has 98 valence electrons. The summed E-state index contributed by atoms with van der Waals surface area (Å²) in [5, 5.41) is 21.0. The fourth-order valence-corrected chi connectivity index (χ4v) is 2.79. The molecule has 1 atom stereocenters. The van der Waals surface area contributed by atoms with Crippen LogP contribution in [0.5, 0.6) is 0 Å². The van der Waals surface area contributed by atoms with Gasteiger partial charge in [0.05, 0.1) is 0 Å². The lowest BCUT2D eigenvalue weighted by Gasteiger charge is -2.39. The molecule has 7 heteroatoms. The normalized spacial score (nSPS) is 30.1. The predicted octanol–water partition coefficient (Wildman–Crippen LogP) is 0.662. The zero-order chi connectivity index (χ0) is 12.8. The lowest BCUT2D eigenvalue weighted by molar-refractivity contribution is -0.154. The molecule has 1 unspecified atom stereocenters. The van der Waals surface area contributed by atoms with Gasteiger partial charge >= 0.3 is 5.97 Å². The first-order valence-corrected chi connectivity index (χ1v) is 6.25. The average molecular weight is 252 g/mol. The summed E-state index contributed by atoms with van der Waals surface area (Å²) in [6.07, 6.45) is 3.82. The minimum atomic E-state index is -0.964. The highest BCUT2D eigenvalue weighted by atomic mass is 16.5. The maximum atomic E-state index is 11.5. The number of aromatic nitrogens is 4. The highest BCUT2D eigenvalue weighted by molar-refractivity contribution is 5.77. The van der Waals surface area contributed by atoms with Crippen LogP contribution < -0.4 is 0 Å². The number of hydrogen-bond acceptors (Lipinski definition) is 5. The molecule has 1 saturated carbocycles. The minimum absolute atomic E-state index is 0.544. The van der Waals surface area contributed by atoms with Crippen molar-refractivity contribution in [2.45, 2.75) is 50.2 Å². The zero-order valence-electron chi connectivity index (χ0n) is 10.3. The van der Waals surface area contributed by atoms with Crippen molar-refractivity contribution in [1.29, 1.82) is 0 Å². The Kier molecular flexibility index (Phi) is 2.41. The van der Waals surface area contributed by atoms with Gasteiger partial charge in [0, 0.05) is 6.61 Å². The summed E-state index contributed by atoms with van der Waals surface area (Å²) < 4.78 is 7.19. The first kappa shape index (κ1) is 11.6. The molecule has 1 aliphatic carbocycles. The third kappa shape index (κ3) is 1.40. The standard InChI is InChI=1S/C11H16N4O3/c1-10(4-3-7-18-10)8-12-13-14-15(8)11(9(16)17)5-2-6-11/h2-7H2,1H3,(H,16,17). The molecule has 2 fully saturated rings. The van der Waals surface area contributed by atoms with Gasteiger partial charge in [-0.2, -0.15) is 0 Å². The summed E-state index contributed by atoms with van der Waals surface area (Å²) in [7, 11) is 0. The Morgan fingerprint density at radius 3 is 2.67 bits per heavy atom. The van der Waals surface area contributed by atoms with E-state index in [1.165, 1.54) is 4.68 Å². The molecule has 0 spiro atoms. The van der Waals surface area contributed by atoms with Crippen LogP contribution in [0.3, 0.4) is 0 Å². The molecule has 3 rings (SSSR count). The van der Waals surface area contributed by atoms with Crippen LogP contribution in [-0.2, 0) is 20.7 Å². The molecule has 1 aromatic heterocycles. The van der Waals surface area contributed by atoms with Gasteiger partial charge < -0.3 is 9.84 Å². The van der Waals surface area contributed by atoms with Crippen LogP contribution in [0.25, 0.3) is 0 Å². The molecule has 0 aromatic carbocycles. The van der Waals surface area contributed by atoms with E-state index in [4.69, 9.17) is 4.74 Å². The van der Waals surface area contributed by atoms with Gasteiger partial charge in [0.15, 0.2) is 11.4 Å². The molecule has 7 nitrogen and oxygen atoms in total. The van der Waals surface area contributed by atoms with E-state index in [0.717, 1.165) is 19.3 Å². The number of carboxylic acids is 1. The van der Waals surface area contributed by atoms with E-state index in [1.807, 2.05) is 6.92 Å². The molecule has 1 aromatic rings. The van der Waals surface area contributed by atoms with Crippen molar-refractivity contribution in [3.63, 3.8) is 0 Å². The van der Waals surface area contributed by atoms with Gasteiger partial charge in [-0.1, -0.05) is 0 Å². The topological polar surface area (TPSA) is 90.1 Å². The van der Waals surface area contributed by atoms with Crippen molar-refractivity contribution < 1.29 is 14.6 Å². The van der Waals surface area contributed by atoms with Crippen LogP contribution in [-0.4, -0.2) is 37.9 Å². The Morgan fingerprint density at radius 1 is 1.39 bits per heavy atom. The molecule has 1 saturated heterocycles. The third-order valence-electron chi connectivity index (χ3n) is 4.15. The summed E-state index contributed by atoms with van der Waals surface area (Å²) in [6.45, 7) is 2.60. The van der Waals surface area contributed by atoms with E-state index in [-0.39, 0.29) is 0 Å². The summed E-state index contributed by atoms with van der Waals surface area (Å²) in [5.41, 5.74) is -1.52. The van der Waals surface area contributed by atoms with Gasteiger partial charge in [0.1, 0.15) is 5.60 Å². The number of aliphatic carboxylic acids is 1. The predicted molar refractivity (Wildman–Crippen MR) is 59.8 cm³/mol. The molecular formula is C11H16N4O3. The zero-order valence-corrected chi connectivity index (χ0v) is 10.3. The average Bonchev–Trinajstić information content (AvgIpc) is 2.85. The van der Waals surface area contributed by atoms with Crippen LogP contribution >= 0.6 is 0 Å². The van der Waals surface area contributed by atoms with Gasteiger partial charge in [-0.25, -0.2) is 9.48 Å². The van der Waals surface area contributed by atoms with Crippen molar-refractivity contribution in [2.24, 2.45) is 0 Å². The summed E-state index contributed by atoms with van der Waals surface area (Å²) in [4.78, 5) is 11.5. The summed E-state index contributed by atoms with van der Waals surface area (Å²) >= 11 is 0. The highest BCUT2D eigenvalue weighted by Gasteiger charge is 2.51. The number of nitrogens with zero attached hydrogens (tertiary/aromatic N) is 4. The molecule has 0 bridgehead atoms. The Balaban J connectivity index is 2.04. The molecule has 0 radical (unpaired) electrons. The minimum Gasteiger partial charge on any atom is -0.479 e. The van der Waals surface area contributed by atoms with Crippen LogP contribution in [0.4, 0.5) is 0 Å². The lowest BCUT2D eigenvalue weighted by Crippen LogP contribution is -2.50. The van der Waals surface area contributed by atoms with Crippen LogP contribution in [0.2, 0.25) is 0 Å². The van der Waals surface area contributed by atoms with Gasteiger partial charge in [-0.05, 0) is 49.5 Å². The maximum Gasteiger partial charge on any atom is 0.331 e. The SMILES string of the molecule is CC1(c2nnnn2C2(C(=O)O)CCC2)CCCO1. The summed E-state index contributed by atoms with van der Waals surface area (Å²) in [6, 6.07) is 0. The number of carbonyl (C=O) groups is 1.